The predicted octanol–water partition coefficient (Wildman–Crippen LogP) is 16.8. The largest absolute Gasteiger partial charge is 0.456 e. The van der Waals surface area contributed by atoms with Gasteiger partial charge in [0.25, 0.3) is 0 Å². The minimum atomic E-state index is -0.703. The molecule has 2 aliphatic rings. The molecule has 0 saturated heterocycles. The van der Waals surface area contributed by atoms with E-state index in [1.54, 1.807) is 0 Å². The van der Waals surface area contributed by atoms with Crippen molar-refractivity contribution in [2.24, 2.45) is 0 Å². The first-order valence-electron chi connectivity index (χ1n) is 23.3. The molecule has 0 amide bonds. The van der Waals surface area contributed by atoms with Crippen LogP contribution < -0.4 is 4.90 Å². The molecule has 2 aromatic heterocycles. The van der Waals surface area contributed by atoms with E-state index in [-0.39, 0.29) is 5.41 Å². The number of para-hydroxylation sites is 3. The first kappa shape index (κ1) is 37.9. The molecule has 0 unspecified atom stereocenters. The van der Waals surface area contributed by atoms with Gasteiger partial charge in [-0.15, -0.1) is 0 Å². The molecule has 3 heteroatoms. The average molecular weight is 857 g/mol. The Hall–Kier alpha value is -8.40. The molecule has 3 nitrogen and oxygen atoms in total. The minimum Gasteiger partial charge on any atom is -0.456 e. The Morgan fingerprint density at radius 1 is 0.403 bits per heavy atom. The molecule has 67 heavy (non-hydrogen) atoms. The van der Waals surface area contributed by atoms with Crippen LogP contribution in [0, 0.1) is 0 Å². The van der Waals surface area contributed by atoms with Crippen LogP contribution in [0.25, 0.3) is 71.7 Å². The van der Waals surface area contributed by atoms with Gasteiger partial charge in [-0.3, -0.25) is 0 Å². The highest BCUT2D eigenvalue weighted by molar-refractivity contribution is 6.16. The number of rotatable bonds is 6. The van der Waals surface area contributed by atoms with Gasteiger partial charge in [0, 0.05) is 38.6 Å². The van der Waals surface area contributed by atoms with Crippen LogP contribution in [0.15, 0.2) is 235 Å². The number of benzene rings is 10. The van der Waals surface area contributed by atoms with Gasteiger partial charge in [0.2, 0.25) is 0 Å². The standard InChI is InChI=1S/C64H44N2O/c1-63(2)52-29-14-9-24-45(52)48-37-36-43(39-55(48)63)65(58-33-19-35-60-61(58)50-28-13-18-34-59(50)67-60)44-38-51-49-27-12-17-32-57(49)66(42-22-7-4-8-23-42)62(51)56(40-44)64(41-20-5-3-6-21-41)53-30-15-10-25-46(53)47-26-11-16-31-54(47)64/h3-40H,1-2H3. The maximum Gasteiger partial charge on any atom is 0.137 e. The van der Waals surface area contributed by atoms with E-state index >= 15 is 0 Å². The van der Waals surface area contributed by atoms with Gasteiger partial charge in [-0.1, -0.05) is 184 Å². The van der Waals surface area contributed by atoms with E-state index < -0.39 is 5.41 Å². The summed E-state index contributed by atoms with van der Waals surface area (Å²) in [5, 5.41) is 4.56. The summed E-state index contributed by atoms with van der Waals surface area (Å²) in [6, 6.07) is 85.3. The zero-order valence-electron chi connectivity index (χ0n) is 37.2. The molecule has 0 N–H and O–H groups in total. The smallest absolute Gasteiger partial charge is 0.137 e. The van der Waals surface area contributed by atoms with Gasteiger partial charge < -0.3 is 13.9 Å². The number of aromatic nitrogens is 1. The number of hydrogen-bond acceptors (Lipinski definition) is 2. The molecule has 0 aliphatic heterocycles. The quantitative estimate of drug-likeness (QED) is 0.166. The molecular weight excluding hydrogens is 813 g/mol. The summed E-state index contributed by atoms with van der Waals surface area (Å²) in [6.45, 7) is 4.74. The van der Waals surface area contributed by atoms with Gasteiger partial charge in [-0.25, -0.2) is 0 Å². The summed E-state index contributed by atoms with van der Waals surface area (Å²) in [5.74, 6) is 0. The summed E-state index contributed by atoms with van der Waals surface area (Å²) in [6.07, 6.45) is 0. The molecule has 0 atom stereocenters. The topological polar surface area (TPSA) is 21.3 Å². The monoisotopic (exact) mass is 856 g/mol. The molecule has 14 rings (SSSR count). The Balaban J connectivity index is 1.18. The van der Waals surface area contributed by atoms with Gasteiger partial charge in [-0.2, -0.15) is 0 Å². The lowest BCUT2D eigenvalue weighted by molar-refractivity contribution is 0.660. The van der Waals surface area contributed by atoms with Crippen LogP contribution in [-0.2, 0) is 10.8 Å². The van der Waals surface area contributed by atoms with Crippen LogP contribution >= 0.6 is 0 Å². The Bertz CT molecular complexity index is 3920. The third kappa shape index (κ3) is 5.17. The van der Waals surface area contributed by atoms with Crippen LogP contribution in [0.2, 0.25) is 0 Å². The van der Waals surface area contributed by atoms with Crippen LogP contribution in [0.4, 0.5) is 17.1 Å². The van der Waals surface area contributed by atoms with Crippen LogP contribution in [0.1, 0.15) is 47.2 Å². The highest BCUT2D eigenvalue weighted by atomic mass is 16.3. The minimum absolute atomic E-state index is 0.200. The van der Waals surface area contributed by atoms with Gasteiger partial charge >= 0.3 is 0 Å². The maximum atomic E-state index is 6.67. The normalized spacial score (nSPS) is 14.1. The summed E-state index contributed by atoms with van der Waals surface area (Å²) in [4.78, 5) is 2.52. The number of anilines is 3. The van der Waals surface area contributed by atoms with Crippen molar-refractivity contribution in [2.75, 3.05) is 4.90 Å². The lowest BCUT2D eigenvalue weighted by Gasteiger charge is -2.36. The Kier molecular flexibility index (Phi) is 7.95. The highest BCUT2D eigenvalue weighted by Gasteiger charge is 2.48. The lowest BCUT2D eigenvalue weighted by atomic mass is 9.67. The molecule has 0 spiro atoms. The lowest BCUT2D eigenvalue weighted by Crippen LogP contribution is -2.29. The van der Waals surface area contributed by atoms with Crippen molar-refractivity contribution in [3.05, 3.63) is 264 Å². The van der Waals surface area contributed by atoms with E-state index in [2.05, 4.69) is 254 Å². The summed E-state index contributed by atoms with van der Waals surface area (Å²) in [5.41, 5.74) is 20.3. The van der Waals surface area contributed by atoms with Crippen molar-refractivity contribution < 1.29 is 4.42 Å². The first-order chi connectivity index (χ1) is 33.0. The van der Waals surface area contributed by atoms with Gasteiger partial charge in [0.05, 0.1) is 27.5 Å². The average Bonchev–Trinajstić information content (AvgIpc) is 4.09. The fourth-order valence-corrected chi connectivity index (χ4v) is 12.2. The van der Waals surface area contributed by atoms with Gasteiger partial charge in [0.15, 0.2) is 0 Å². The second kappa shape index (κ2) is 14.1. The number of furan rings is 1. The maximum absolute atomic E-state index is 6.67. The molecular formula is C64H44N2O. The van der Waals surface area contributed by atoms with Crippen LogP contribution in [-0.4, -0.2) is 4.57 Å². The summed E-state index contributed by atoms with van der Waals surface area (Å²) < 4.78 is 9.19. The summed E-state index contributed by atoms with van der Waals surface area (Å²) in [7, 11) is 0. The molecule has 2 heterocycles. The molecule has 316 valence electrons. The molecule has 10 aromatic carbocycles. The number of fused-ring (bicyclic) bond motifs is 12. The van der Waals surface area contributed by atoms with Crippen LogP contribution in [0.5, 0.6) is 0 Å². The molecule has 0 fully saturated rings. The predicted molar refractivity (Wildman–Crippen MR) is 278 cm³/mol. The zero-order valence-corrected chi connectivity index (χ0v) is 37.2. The van der Waals surface area contributed by atoms with Crippen molar-refractivity contribution >= 4 is 60.8 Å². The molecule has 0 saturated carbocycles. The Morgan fingerprint density at radius 3 is 1.72 bits per heavy atom. The molecule has 0 bridgehead atoms. The van der Waals surface area contributed by atoms with Crippen molar-refractivity contribution in [3.8, 4) is 27.9 Å². The molecule has 0 radical (unpaired) electrons. The Morgan fingerprint density at radius 2 is 0.970 bits per heavy atom. The van der Waals surface area contributed by atoms with Crippen LogP contribution in [0.3, 0.4) is 0 Å². The second-order valence-corrected chi connectivity index (χ2v) is 18.8. The van der Waals surface area contributed by atoms with Gasteiger partial charge in [0.1, 0.15) is 11.2 Å². The zero-order chi connectivity index (χ0) is 44.4. The third-order valence-electron chi connectivity index (χ3n) is 15.0. The van der Waals surface area contributed by atoms with E-state index in [9.17, 15) is 0 Å². The first-order valence-corrected chi connectivity index (χ1v) is 23.3. The van der Waals surface area contributed by atoms with E-state index in [0.29, 0.717) is 0 Å². The molecule has 2 aliphatic carbocycles. The van der Waals surface area contributed by atoms with Crippen molar-refractivity contribution in [1.82, 2.24) is 4.57 Å². The molecule has 12 aromatic rings. The van der Waals surface area contributed by atoms with Crippen molar-refractivity contribution in [2.45, 2.75) is 24.7 Å². The van der Waals surface area contributed by atoms with Gasteiger partial charge in [-0.05, 0) is 116 Å². The number of hydrogen-bond donors (Lipinski definition) is 0. The fraction of sp³-hybridized carbons (Fsp3) is 0.0625. The highest BCUT2D eigenvalue weighted by Crippen LogP contribution is 2.59. The van der Waals surface area contributed by atoms with E-state index in [1.807, 2.05) is 0 Å². The van der Waals surface area contributed by atoms with E-state index in [4.69, 9.17) is 4.42 Å². The second-order valence-electron chi connectivity index (χ2n) is 18.8. The summed E-state index contributed by atoms with van der Waals surface area (Å²) >= 11 is 0. The van der Waals surface area contributed by atoms with E-state index in [0.717, 1.165) is 50.2 Å². The number of nitrogens with zero attached hydrogens (tertiary/aromatic N) is 2. The van der Waals surface area contributed by atoms with Crippen molar-refractivity contribution in [1.29, 1.82) is 0 Å². The Labute approximate surface area is 389 Å². The van der Waals surface area contributed by atoms with E-state index in [1.165, 1.54) is 71.9 Å². The fourth-order valence-electron chi connectivity index (χ4n) is 12.2. The SMILES string of the molecule is CC1(C)c2ccccc2-c2ccc(N(c3cc(C4(c5ccccc5)c5ccccc5-c5ccccc54)c4c(c3)c3ccccc3n4-c3ccccc3)c3cccc4oc5ccccc5c34)cc21. The third-order valence-corrected chi connectivity index (χ3v) is 15.0. The van der Waals surface area contributed by atoms with Crippen molar-refractivity contribution in [3.63, 3.8) is 0 Å².